The van der Waals surface area contributed by atoms with E-state index >= 15 is 0 Å². The molecule has 2 aliphatic heterocycles. The summed E-state index contributed by atoms with van der Waals surface area (Å²) in [4.78, 5) is 44.2. The van der Waals surface area contributed by atoms with E-state index in [9.17, 15) is 24.1 Å². The zero-order chi connectivity index (χ0) is 23.3. The van der Waals surface area contributed by atoms with Crippen molar-refractivity contribution in [3.63, 3.8) is 0 Å². The van der Waals surface area contributed by atoms with Crippen LogP contribution in [0.4, 0.5) is 21.5 Å². The van der Waals surface area contributed by atoms with Crippen molar-refractivity contribution in [2.24, 2.45) is 5.92 Å². The number of hydroxylamine groups is 1. The van der Waals surface area contributed by atoms with E-state index in [1.165, 1.54) is 35.4 Å². The van der Waals surface area contributed by atoms with Gasteiger partial charge in [0.1, 0.15) is 16.8 Å². The molecule has 0 N–H and O–H groups in total. The fourth-order valence-electron chi connectivity index (χ4n) is 4.28. The van der Waals surface area contributed by atoms with Gasteiger partial charge < -0.3 is 0 Å². The van der Waals surface area contributed by atoms with Gasteiger partial charge in [0, 0.05) is 6.07 Å². The zero-order valence-electron chi connectivity index (χ0n) is 16.8. The van der Waals surface area contributed by atoms with Crippen molar-refractivity contribution in [3.8, 4) is 0 Å². The standard InChI is InChI=1S/C23H15ClFN3O5/c24-15-11-10-13(12-18(15)28(31)32)20-19-21(33-27(20)14-6-2-1-3-7-14)23(30)26(22(19)29)17-9-5-4-8-16(17)25/h1-12,19-21H/t19-,20+,21-/m0/s1. The molecule has 10 heteroatoms. The predicted octanol–water partition coefficient (Wildman–Crippen LogP) is 4.44. The van der Waals surface area contributed by atoms with Gasteiger partial charge in [0.15, 0.2) is 6.10 Å². The van der Waals surface area contributed by atoms with Crippen LogP contribution < -0.4 is 9.96 Å². The number of rotatable bonds is 4. The minimum absolute atomic E-state index is 0.0627. The van der Waals surface area contributed by atoms with Crippen LogP contribution in [0.2, 0.25) is 5.02 Å². The van der Waals surface area contributed by atoms with Crippen LogP contribution in [0.1, 0.15) is 11.6 Å². The van der Waals surface area contributed by atoms with Gasteiger partial charge in [-0.2, -0.15) is 0 Å². The number of fused-ring (bicyclic) bond motifs is 1. The van der Waals surface area contributed by atoms with Crippen LogP contribution in [0.3, 0.4) is 0 Å². The van der Waals surface area contributed by atoms with E-state index in [-0.39, 0.29) is 16.4 Å². The summed E-state index contributed by atoms with van der Waals surface area (Å²) in [7, 11) is 0. The number of nitro benzene ring substituents is 1. The van der Waals surface area contributed by atoms with Crippen LogP contribution >= 0.6 is 11.6 Å². The summed E-state index contributed by atoms with van der Waals surface area (Å²) in [5.74, 6) is -3.14. The second-order valence-electron chi connectivity index (χ2n) is 7.59. The number of para-hydroxylation sites is 2. The summed E-state index contributed by atoms with van der Waals surface area (Å²) in [5.41, 5.74) is 0.400. The second-order valence-corrected chi connectivity index (χ2v) is 8.00. The highest BCUT2D eigenvalue weighted by molar-refractivity contribution is 6.32. The summed E-state index contributed by atoms with van der Waals surface area (Å²) in [6, 6.07) is 17.5. The number of carbonyl (C=O) groups is 2. The predicted molar refractivity (Wildman–Crippen MR) is 117 cm³/mol. The number of halogens is 2. The maximum atomic E-state index is 14.4. The lowest BCUT2D eigenvalue weighted by molar-refractivity contribution is -0.384. The van der Waals surface area contributed by atoms with Gasteiger partial charge in [0.25, 0.3) is 11.6 Å². The lowest BCUT2D eigenvalue weighted by Crippen LogP contribution is -2.37. The number of amides is 2. The van der Waals surface area contributed by atoms with Crippen LogP contribution in [0.5, 0.6) is 0 Å². The van der Waals surface area contributed by atoms with Crippen LogP contribution in [-0.4, -0.2) is 22.8 Å². The molecular formula is C23H15ClFN3O5. The molecule has 0 radical (unpaired) electrons. The molecule has 5 rings (SSSR count). The first-order valence-corrected chi connectivity index (χ1v) is 10.3. The molecule has 2 aliphatic rings. The summed E-state index contributed by atoms with van der Waals surface area (Å²) >= 11 is 5.98. The Bertz CT molecular complexity index is 1290. The first kappa shape index (κ1) is 21.0. The first-order chi connectivity index (χ1) is 15.9. The molecule has 33 heavy (non-hydrogen) atoms. The Morgan fingerprint density at radius 2 is 1.67 bits per heavy atom. The molecule has 0 aromatic heterocycles. The minimum atomic E-state index is -1.22. The molecule has 166 valence electrons. The van der Waals surface area contributed by atoms with Gasteiger partial charge in [-0.05, 0) is 35.9 Å². The molecule has 0 saturated carbocycles. The fraction of sp³-hybridized carbons (Fsp3) is 0.130. The van der Waals surface area contributed by atoms with Crippen molar-refractivity contribution in [1.82, 2.24) is 0 Å². The number of hydrogen-bond donors (Lipinski definition) is 0. The van der Waals surface area contributed by atoms with Crippen LogP contribution in [0.15, 0.2) is 72.8 Å². The molecule has 0 unspecified atom stereocenters. The number of nitrogens with zero attached hydrogens (tertiary/aromatic N) is 3. The quantitative estimate of drug-likeness (QED) is 0.320. The van der Waals surface area contributed by atoms with Gasteiger partial charge >= 0.3 is 0 Å². The Morgan fingerprint density at radius 1 is 0.970 bits per heavy atom. The molecule has 2 amide bonds. The SMILES string of the molecule is O=C1[C@@H]2[C@H](ON(c3ccccc3)[C@@H]2c2ccc(Cl)c([N+](=O)[O-])c2)C(=O)N1c1ccccc1F. The van der Waals surface area contributed by atoms with E-state index in [2.05, 4.69) is 0 Å². The van der Waals surface area contributed by atoms with Gasteiger partial charge in [-0.15, -0.1) is 0 Å². The Balaban J connectivity index is 1.63. The maximum absolute atomic E-state index is 14.4. The number of carbonyl (C=O) groups excluding carboxylic acids is 2. The number of hydrogen-bond acceptors (Lipinski definition) is 6. The number of benzene rings is 3. The molecule has 0 aliphatic carbocycles. The molecule has 8 nitrogen and oxygen atoms in total. The molecule has 0 bridgehead atoms. The van der Waals surface area contributed by atoms with Crippen molar-refractivity contribution < 1.29 is 23.7 Å². The van der Waals surface area contributed by atoms with Gasteiger partial charge in [-0.25, -0.2) is 14.4 Å². The first-order valence-electron chi connectivity index (χ1n) is 9.95. The van der Waals surface area contributed by atoms with Gasteiger partial charge in [-0.1, -0.05) is 48.0 Å². The van der Waals surface area contributed by atoms with Gasteiger partial charge in [0.05, 0.1) is 22.3 Å². The zero-order valence-corrected chi connectivity index (χ0v) is 17.6. The third-order valence-electron chi connectivity index (χ3n) is 5.73. The number of anilines is 2. The number of nitro groups is 1. The van der Waals surface area contributed by atoms with Crippen molar-refractivity contribution in [2.75, 3.05) is 9.96 Å². The van der Waals surface area contributed by atoms with E-state index in [1.807, 2.05) is 0 Å². The minimum Gasteiger partial charge on any atom is -0.273 e. The highest BCUT2D eigenvalue weighted by Crippen LogP contribution is 2.48. The highest BCUT2D eigenvalue weighted by atomic mass is 35.5. The van der Waals surface area contributed by atoms with E-state index in [1.54, 1.807) is 36.4 Å². The molecule has 2 fully saturated rings. The van der Waals surface area contributed by atoms with E-state index in [4.69, 9.17) is 16.4 Å². The van der Waals surface area contributed by atoms with E-state index in [0.717, 1.165) is 11.0 Å². The maximum Gasteiger partial charge on any atom is 0.288 e. The van der Waals surface area contributed by atoms with Crippen LogP contribution in [0, 0.1) is 21.8 Å². The molecule has 0 spiro atoms. The van der Waals surface area contributed by atoms with Crippen molar-refractivity contribution in [1.29, 1.82) is 0 Å². The summed E-state index contributed by atoms with van der Waals surface area (Å²) < 4.78 is 14.4. The van der Waals surface area contributed by atoms with Crippen molar-refractivity contribution >= 4 is 40.5 Å². The largest absolute Gasteiger partial charge is 0.288 e. The highest BCUT2D eigenvalue weighted by Gasteiger charge is 2.60. The molecule has 2 saturated heterocycles. The normalized spacial score (nSPS) is 22.1. The molecule has 3 atom stereocenters. The fourth-order valence-corrected chi connectivity index (χ4v) is 4.46. The number of imide groups is 1. The Morgan fingerprint density at radius 3 is 2.36 bits per heavy atom. The summed E-state index contributed by atoms with van der Waals surface area (Å²) in [6.45, 7) is 0. The van der Waals surface area contributed by atoms with E-state index < -0.39 is 40.6 Å². The average Bonchev–Trinajstić information content (AvgIpc) is 3.31. The van der Waals surface area contributed by atoms with Crippen molar-refractivity contribution in [2.45, 2.75) is 12.1 Å². The molecular weight excluding hydrogens is 453 g/mol. The Labute approximate surface area is 191 Å². The lowest BCUT2D eigenvalue weighted by Gasteiger charge is -2.28. The van der Waals surface area contributed by atoms with Crippen LogP contribution in [-0.2, 0) is 14.4 Å². The van der Waals surface area contributed by atoms with Crippen molar-refractivity contribution in [3.05, 3.63) is 99.3 Å². The third kappa shape index (κ3) is 3.33. The van der Waals surface area contributed by atoms with E-state index in [0.29, 0.717) is 11.3 Å². The smallest absolute Gasteiger partial charge is 0.273 e. The summed E-state index contributed by atoms with van der Waals surface area (Å²) in [6.07, 6.45) is -1.22. The van der Waals surface area contributed by atoms with Gasteiger partial charge in [0.2, 0.25) is 5.91 Å². The third-order valence-corrected chi connectivity index (χ3v) is 6.05. The summed E-state index contributed by atoms with van der Waals surface area (Å²) in [5, 5.41) is 12.8. The monoisotopic (exact) mass is 467 g/mol. The van der Waals surface area contributed by atoms with Crippen LogP contribution in [0.25, 0.3) is 0 Å². The second kappa shape index (κ2) is 7.95. The molecule has 2 heterocycles. The average molecular weight is 468 g/mol. The lowest BCUT2D eigenvalue weighted by atomic mass is 9.90. The Kier molecular flexibility index (Phi) is 5.07. The topological polar surface area (TPSA) is 93.0 Å². The molecule has 3 aromatic carbocycles. The molecule has 3 aromatic rings. The van der Waals surface area contributed by atoms with Gasteiger partial charge in [-0.3, -0.25) is 24.5 Å². The Hall–Kier alpha value is -3.82.